The minimum atomic E-state index is 0.0365. The van der Waals surface area contributed by atoms with Crippen molar-refractivity contribution in [2.75, 3.05) is 0 Å². The average Bonchev–Trinajstić information content (AvgIpc) is 3.10. The van der Waals surface area contributed by atoms with Crippen LogP contribution in [-0.2, 0) is 19.5 Å². The van der Waals surface area contributed by atoms with Crippen LogP contribution in [0.4, 0.5) is 0 Å². The maximum Gasteiger partial charge on any atom is 0.235 e. The monoisotopic (exact) mass is 275 g/mol. The first-order valence-electron chi connectivity index (χ1n) is 7.31. The molecule has 2 aromatic rings. The molecular weight excluding hydrogens is 254 g/mol. The Morgan fingerprint density at radius 2 is 2.10 bits per heavy atom. The molecule has 0 aromatic carbocycles. The molecule has 1 saturated carbocycles. The number of hydrogen-bond donors (Lipinski definition) is 2. The summed E-state index contributed by atoms with van der Waals surface area (Å²) in [6.07, 6.45) is 9.50. The van der Waals surface area contributed by atoms with Gasteiger partial charge in [-0.15, -0.1) is 0 Å². The maximum absolute atomic E-state index is 10.2. The van der Waals surface area contributed by atoms with Gasteiger partial charge in [0.15, 0.2) is 5.75 Å². The molecular formula is C15H21N3O2. The number of rotatable bonds is 6. The van der Waals surface area contributed by atoms with Gasteiger partial charge >= 0.3 is 0 Å². The van der Waals surface area contributed by atoms with Crippen molar-refractivity contribution in [2.24, 2.45) is 0 Å². The molecule has 108 valence electrons. The topological polar surface area (TPSA) is 63.2 Å². The average molecular weight is 275 g/mol. The van der Waals surface area contributed by atoms with E-state index in [2.05, 4.69) is 4.98 Å². The fourth-order valence-corrected chi connectivity index (χ4v) is 2.89. The van der Waals surface area contributed by atoms with Gasteiger partial charge in [0.2, 0.25) is 5.88 Å². The smallest absolute Gasteiger partial charge is 0.235 e. The van der Waals surface area contributed by atoms with Crippen LogP contribution >= 0.6 is 0 Å². The lowest BCUT2D eigenvalue weighted by molar-refractivity contribution is 0.364. The summed E-state index contributed by atoms with van der Waals surface area (Å²) >= 11 is 0. The molecule has 0 amide bonds. The molecule has 2 N–H and O–H groups in total. The van der Waals surface area contributed by atoms with E-state index in [1.165, 1.54) is 0 Å². The van der Waals surface area contributed by atoms with Crippen molar-refractivity contribution < 1.29 is 10.2 Å². The molecule has 0 spiro atoms. The Balaban J connectivity index is 1.77. The second kappa shape index (κ2) is 5.23. The van der Waals surface area contributed by atoms with E-state index < -0.39 is 0 Å². The lowest BCUT2D eigenvalue weighted by Crippen LogP contribution is -2.06. The zero-order chi connectivity index (χ0) is 14.1. The Kier molecular flexibility index (Phi) is 3.42. The van der Waals surface area contributed by atoms with E-state index in [0.29, 0.717) is 5.92 Å². The van der Waals surface area contributed by atoms with Crippen molar-refractivity contribution in [2.45, 2.75) is 51.6 Å². The third kappa shape index (κ3) is 2.28. The predicted octanol–water partition coefficient (Wildman–Crippen LogP) is 2.63. The van der Waals surface area contributed by atoms with Crippen LogP contribution in [0.15, 0.2) is 18.7 Å². The summed E-state index contributed by atoms with van der Waals surface area (Å²) in [7, 11) is 0. The summed E-state index contributed by atoms with van der Waals surface area (Å²) in [6, 6.07) is 0. The molecule has 1 fully saturated rings. The van der Waals surface area contributed by atoms with Crippen LogP contribution in [0.1, 0.15) is 43.4 Å². The number of aromatic hydroxyl groups is 2. The van der Waals surface area contributed by atoms with E-state index in [1.807, 2.05) is 22.3 Å². The van der Waals surface area contributed by atoms with Crippen LogP contribution in [0.25, 0.3) is 0 Å². The quantitative estimate of drug-likeness (QED) is 0.852. The zero-order valence-corrected chi connectivity index (χ0v) is 11.8. The molecule has 0 saturated heterocycles. The first-order valence-corrected chi connectivity index (χ1v) is 7.31. The van der Waals surface area contributed by atoms with Gasteiger partial charge in [0, 0.05) is 36.7 Å². The molecule has 2 aromatic heterocycles. The molecule has 0 aliphatic heterocycles. The van der Waals surface area contributed by atoms with Crippen LogP contribution in [0.2, 0.25) is 0 Å². The number of aryl methyl sites for hydroxylation is 1. The third-order valence-electron chi connectivity index (χ3n) is 4.03. The molecule has 0 atom stereocenters. The molecule has 0 unspecified atom stereocenters. The Morgan fingerprint density at radius 3 is 2.70 bits per heavy atom. The number of aromatic nitrogens is 3. The van der Waals surface area contributed by atoms with Gasteiger partial charge in [0.25, 0.3) is 0 Å². The Morgan fingerprint density at radius 1 is 1.30 bits per heavy atom. The molecule has 20 heavy (non-hydrogen) atoms. The third-order valence-corrected chi connectivity index (χ3v) is 4.03. The second-order valence-corrected chi connectivity index (χ2v) is 5.47. The number of nitrogens with zero attached hydrogens (tertiary/aromatic N) is 3. The van der Waals surface area contributed by atoms with Crippen molar-refractivity contribution in [1.82, 2.24) is 14.1 Å². The summed E-state index contributed by atoms with van der Waals surface area (Å²) in [5.74, 6) is 0.636. The van der Waals surface area contributed by atoms with Crippen LogP contribution in [0.5, 0.6) is 11.6 Å². The van der Waals surface area contributed by atoms with Crippen molar-refractivity contribution >= 4 is 0 Å². The second-order valence-electron chi connectivity index (χ2n) is 5.47. The van der Waals surface area contributed by atoms with Gasteiger partial charge in [-0.1, -0.05) is 6.92 Å². The maximum atomic E-state index is 10.2. The van der Waals surface area contributed by atoms with Crippen molar-refractivity contribution in [3.63, 3.8) is 0 Å². The molecule has 5 heteroatoms. The fourth-order valence-electron chi connectivity index (χ4n) is 2.89. The van der Waals surface area contributed by atoms with E-state index in [0.717, 1.165) is 50.0 Å². The number of imidazole rings is 1. The number of hydrogen-bond acceptors (Lipinski definition) is 3. The van der Waals surface area contributed by atoms with Gasteiger partial charge in [-0.3, -0.25) is 0 Å². The van der Waals surface area contributed by atoms with Crippen molar-refractivity contribution in [3.05, 3.63) is 30.0 Å². The fraction of sp³-hybridized carbons (Fsp3) is 0.533. The summed E-state index contributed by atoms with van der Waals surface area (Å²) in [6.45, 7) is 3.61. The standard InChI is InChI=1S/C15H21N3O2/c1-2-12-13(11-4-5-11)18(15(20)14(12)19)8-3-7-17-9-6-16-10-17/h6,9-11,19-20H,2-5,7-8H2,1H3. The van der Waals surface area contributed by atoms with E-state index in [-0.39, 0.29) is 11.6 Å². The Bertz CT molecular complexity index is 583. The van der Waals surface area contributed by atoms with Crippen LogP contribution in [0, 0.1) is 0 Å². The normalized spacial score (nSPS) is 14.8. The molecule has 1 aliphatic rings. The van der Waals surface area contributed by atoms with Crippen molar-refractivity contribution in [1.29, 1.82) is 0 Å². The van der Waals surface area contributed by atoms with Gasteiger partial charge < -0.3 is 19.3 Å². The summed E-state index contributed by atoms with van der Waals surface area (Å²) in [5.41, 5.74) is 2.07. The van der Waals surface area contributed by atoms with Gasteiger partial charge in [-0.05, 0) is 31.6 Å². The Labute approximate surface area is 118 Å². The highest BCUT2D eigenvalue weighted by Gasteiger charge is 2.33. The minimum absolute atomic E-state index is 0.0365. The summed E-state index contributed by atoms with van der Waals surface area (Å²) < 4.78 is 3.93. The van der Waals surface area contributed by atoms with Crippen molar-refractivity contribution in [3.8, 4) is 11.6 Å². The minimum Gasteiger partial charge on any atom is -0.503 e. The molecule has 1 aliphatic carbocycles. The lowest BCUT2D eigenvalue weighted by atomic mass is 10.1. The van der Waals surface area contributed by atoms with E-state index in [4.69, 9.17) is 0 Å². The van der Waals surface area contributed by atoms with Gasteiger partial charge in [-0.2, -0.15) is 0 Å². The van der Waals surface area contributed by atoms with Gasteiger partial charge in [0.1, 0.15) is 0 Å². The first-order chi connectivity index (χ1) is 9.72. The predicted molar refractivity (Wildman–Crippen MR) is 76.0 cm³/mol. The zero-order valence-electron chi connectivity index (χ0n) is 11.8. The summed E-state index contributed by atoms with van der Waals surface area (Å²) in [5, 5.41) is 20.2. The highest BCUT2D eigenvalue weighted by Crippen LogP contribution is 2.48. The summed E-state index contributed by atoms with van der Waals surface area (Å²) in [4.78, 5) is 4.02. The molecule has 5 nitrogen and oxygen atoms in total. The molecule has 0 bridgehead atoms. The lowest BCUT2D eigenvalue weighted by Gasteiger charge is -2.11. The SMILES string of the molecule is CCc1c(O)c(O)n(CCCn2ccnc2)c1C1CC1. The molecule has 0 radical (unpaired) electrons. The molecule has 3 rings (SSSR count). The first kappa shape index (κ1) is 13.1. The van der Waals surface area contributed by atoms with E-state index in [9.17, 15) is 10.2 Å². The van der Waals surface area contributed by atoms with E-state index in [1.54, 1.807) is 12.5 Å². The largest absolute Gasteiger partial charge is 0.503 e. The highest BCUT2D eigenvalue weighted by molar-refractivity contribution is 5.49. The van der Waals surface area contributed by atoms with Crippen LogP contribution in [-0.4, -0.2) is 24.3 Å². The van der Waals surface area contributed by atoms with E-state index >= 15 is 0 Å². The van der Waals surface area contributed by atoms with Crippen LogP contribution in [0.3, 0.4) is 0 Å². The Hall–Kier alpha value is -1.91. The highest BCUT2D eigenvalue weighted by atomic mass is 16.3. The van der Waals surface area contributed by atoms with Crippen LogP contribution < -0.4 is 0 Å². The molecule has 2 heterocycles. The van der Waals surface area contributed by atoms with Gasteiger partial charge in [-0.25, -0.2) is 4.98 Å². The van der Waals surface area contributed by atoms with Gasteiger partial charge in [0.05, 0.1) is 6.33 Å².